The van der Waals surface area contributed by atoms with Crippen molar-refractivity contribution in [3.8, 4) is 0 Å². The predicted octanol–water partition coefficient (Wildman–Crippen LogP) is 2.02. The molecular weight excluding hydrogens is 354 g/mol. The average Bonchev–Trinajstić information content (AvgIpc) is 3.55. The molecule has 3 fully saturated rings. The SMILES string of the molecule is O=C(Nc1cccc(S(=O)(=O)N2CCOCC2)c1)NC(C1CC1)C1CC1. The molecular formula is C18H25N3O4S. The number of rotatable bonds is 6. The van der Waals surface area contributed by atoms with E-state index in [0.29, 0.717) is 43.8 Å². The summed E-state index contributed by atoms with van der Waals surface area (Å²) < 4.78 is 32.1. The predicted molar refractivity (Wildman–Crippen MR) is 97.4 cm³/mol. The van der Waals surface area contributed by atoms with E-state index < -0.39 is 10.0 Å². The Labute approximate surface area is 154 Å². The van der Waals surface area contributed by atoms with Gasteiger partial charge in [-0.15, -0.1) is 0 Å². The van der Waals surface area contributed by atoms with Crippen LogP contribution in [0.3, 0.4) is 0 Å². The Kier molecular flexibility index (Phi) is 4.90. The molecule has 0 unspecified atom stereocenters. The van der Waals surface area contributed by atoms with Gasteiger partial charge >= 0.3 is 6.03 Å². The summed E-state index contributed by atoms with van der Waals surface area (Å²) >= 11 is 0. The van der Waals surface area contributed by atoms with Gasteiger partial charge in [0, 0.05) is 24.8 Å². The Hall–Kier alpha value is -1.64. The van der Waals surface area contributed by atoms with Crippen molar-refractivity contribution < 1.29 is 17.9 Å². The molecule has 142 valence electrons. The third kappa shape index (κ3) is 4.02. The highest BCUT2D eigenvalue weighted by atomic mass is 32.2. The first-order valence-corrected chi connectivity index (χ1v) is 10.7. The van der Waals surface area contributed by atoms with E-state index in [-0.39, 0.29) is 17.0 Å². The molecule has 4 rings (SSSR count). The molecule has 1 aromatic carbocycles. The van der Waals surface area contributed by atoms with Gasteiger partial charge in [0.2, 0.25) is 10.0 Å². The molecule has 0 aromatic heterocycles. The molecule has 1 heterocycles. The number of hydrogen-bond acceptors (Lipinski definition) is 4. The minimum absolute atomic E-state index is 0.193. The van der Waals surface area contributed by atoms with E-state index in [1.807, 2.05) is 0 Å². The molecule has 0 atom stereocenters. The standard InChI is InChI=1S/C18H25N3O4S/c22-18(20-17(13-4-5-13)14-6-7-14)19-15-2-1-3-16(12-15)26(23,24)21-8-10-25-11-9-21/h1-3,12-14,17H,4-11H2,(H2,19,20,22). The number of morpholine rings is 1. The molecule has 8 heteroatoms. The zero-order chi connectivity index (χ0) is 18.1. The molecule has 0 spiro atoms. The fraction of sp³-hybridized carbons (Fsp3) is 0.611. The molecule has 7 nitrogen and oxygen atoms in total. The minimum atomic E-state index is -3.57. The van der Waals surface area contributed by atoms with Crippen LogP contribution in [0.25, 0.3) is 0 Å². The van der Waals surface area contributed by atoms with Crippen LogP contribution in [0.2, 0.25) is 0 Å². The topological polar surface area (TPSA) is 87.7 Å². The highest BCUT2D eigenvalue weighted by molar-refractivity contribution is 7.89. The Morgan fingerprint density at radius 1 is 1.12 bits per heavy atom. The van der Waals surface area contributed by atoms with E-state index in [1.54, 1.807) is 18.2 Å². The van der Waals surface area contributed by atoms with Gasteiger partial charge in [-0.25, -0.2) is 13.2 Å². The monoisotopic (exact) mass is 379 g/mol. The molecule has 26 heavy (non-hydrogen) atoms. The smallest absolute Gasteiger partial charge is 0.319 e. The molecule has 0 bridgehead atoms. The lowest BCUT2D eigenvalue weighted by atomic mass is 10.1. The number of ether oxygens (including phenoxy) is 1. The zero-order valence-electron chi connectivity index (χ0n) is 14.7. The van der Waals surface area contributed by atoms with E-state index in [0.717, 1.165) is 0 Å². The van der Waals surface area contributed by atoms with E-state index in [4.69, 9.17) is 4.74 Å². The summed E-state index contributed by atoms with van der Waals surface area (Å²) in [6.45, 7) is 1.52. The number of nitrogens with zero attached hydrogens (tertiary/aromatic N) is 1. The van der Waals surface area contributed by atoms with Crippen molar-refractivity contribution in [2.24, 2.45) is 11.8 Å². The fourth-order valence-electron chi connectivity index (χ4n) is 3.52. The van der Waals surface area contributed by atoms with Gasteiger partial charge in [0.05, 0.1) is 18.1 Å². The zero-order valence-corrected chi connectivity index (χ0v) is 15.5. The first-order chi connectivity index (χ1) is 12.5. The number of benzene rings is 1. The van der Waals surface area contributed by atoms with Crippen LogP contribution in [-0.4, -0.2) is 51.1 Å². The van der Waals surface area contributed by atoms with E-state index in [9.17, 15) is 13.2 Å². The summed E-state index contributed by atoms with van der Waals surface area (Å²) in [5.41, 5.74) is 0.488. The van der Waals surface area contributed by atoms with Crippen molar-refractivity contribution in [3.63, 3.8) is 0 Å². The van der Waals surface area contributed by atoms with Crippen LogP contribution in [0.5, 0.6) is 0 Å². The molecule has 1 saturated heterocycles. The Morgan fingerprint density at radius 3 is 2.38 bits per heavy atom. The van der Waals surface area contributed by atoms with Crippen molar-refractivity contribution in [1.29, 1.82) is 0 Å². The molecule has 2 saturated carbocycles. The Morgan fingerprint density at radius 2 is 1.77 bits per heavy atom. The van der Waals surface area contributed by atoms with Gasteiger partial charge in [-0.1, -0.05) is 6.07 Å². The van der Waals surface area contributed by atoms with Gasteiger partial charge in [0.1, 0.15) is 0 Å². The van der Waals surface area contributed by atoms with Gasteiger partial charge < -0.3 is 15.4 Å². The third-order valence-corrected chi connectivity index (χ3v) is 7.15. The average molecular weight is 379 g/mol. The van der Waals surface area contributed by atoms with Crippen LogP contribution in [0.15, 0.2) is 29.2 Å². The molecule has 2 amide bonds. The maximum Gasteiger partial charge on any atom is 0.319 e. The van der Waals surface area contributed by atoms with Crippen LogP contribution in [0.1, 0.15) is 25.7 Å². The van der Waals surface area contributed by atoms with Gasteiger partial charge in [0.25, 0.3) is 0 Å². The quantitative estimate of drug-likeness (QED) is 0.792. The fourth-order valence-corrected chi connectivity index (χ4v) is 4.97. The van der Waals surface area contributed by atoms with Crippen molar-refractivity contribution >= 4 is 21.7 Å². The van der Waals surface area contributed by atoms with E-state index >= 15 is 0 Å². The van der Waals surface area contributed by atoms with Crippen molar-refractivity contribution in [3.05, 3.63) is 24.3 Å². The highest BCUT2D eigenvalue weighted by Gasteiger charge is 2.42. The van der Waals surface area contributed by atoms with Crippen molar-refractivity contribution in [2.75, 3.05) is 31.6 Å². The van der Waals surface area contributed by atoms with Crippen LogP contribution in [0.4, 0.5) is 10.5 Å². The summed E-state index contributed by atoms with van der Waals surface area (Å²) in [5.74, 6) is 1.22. The number of urea groups is 1. The number of nitrogens with one attached hydrogen (secondary N) is 2. The van der Waals surface area contributed by atoms with Crippen molar-refractivity contribution in [2.45, 2.75) is 36.6 Å². The van der Waals surface area contributed by atoms with Crippen LogP contribution in [0, 0.1) is 11.8 Å². The maximum atomic E-state index is 12.7. The molecule has 0 radical (unpaired) electrons. The summed E-state index contributed by atoms with van der Waals surface area (Å²) in [5, 5.41) is 5.88. The lowest BCUT2D eigenvalue weighted by Gasteiger charge is -2.26. The van der Waals surface area contributed by atoms with Gasteiger partial charge in [-0.3, -0.25) is 0 Å². The van der Waals surface area contributed by atoms with E-state index in [2.05, 4.69) is 10.6 Å². The van der Waals surface area contributed by atoms with Crippen molar-refractivity contribution in [1.82, 2.24) is 9.62 Å². The first kappa shape index (κ1) is 17.8. The largest absolute Gasteiger partial charge is 0.379 e. The lowest BCUT2D eigenvalue weighted by molar-refractivity contribution is 0.0730. The summed E-state index contributed by atoms with van der Waals surface area (Å²) in [4.78, 5) is 12.5. The molecule has 1 aromatic rings. The second-order valence-corrected chi connectivity index (χ2v) is 9.28. The molecule has 2 N–H and O–H groups in total. The summed E-state index contributed by atoms with van der Waals surface area (Å²) in [6, 6.07) is 6.45. The second-order valence-electron chi connectivity index (χ2n) is 7.34. The molecule has 2 aliphatic carbocycles. The maximum absolute atomic E-state index is 12.7. The Balaban J connectivity index is 1.42. The normalized spacial score (nSPS) is 21.6. The first-order valence-electron chi connectivity index (χ1n) is 9.29. The van der Waals surface area contributed by atoms with Crippen LogP contribution < -0.4 is 10.6 Å². The van der Waals surface area contributed by atoms with Gasteiger partial charge in [-0.2, -0.15) is 4.31 Å². The van der Waals surface area contributed by atoms with E-state index in [1.165, 1.54) is 36.1 Å². The summed E-state index contributed by atoms with van der Waals surface area (Å²) in [7, 11) is -3.57. The second kappa shape index (κ2) is 7.17. The lowest BCUT2D eigenvalue weighted by Crippen LogP contribution is -2.41. The number of sulfonamides is 1. The summed E-state index contributed by atoms with van der Waals surface area (Å²) in [6.07, 6.45) is 4.76. The van der Waals surface area contributed by atoms with Gasteiger partial charge in [-0.05, 0) is 55.7 Å². The van der Waals surface area contributed by atoms with Gasteiger partial charge in [0.15, 0.2) is 0 Å². The number of carbonyl (C=O) groups excluding carboxylic acids is 1. The van der Waals surface area contributed by atoms with Crippen LogP contribution >= 0.6 is 0 Å². The Bertz CT molecular complexity index is 756. The van der Waals surface area contributed by atoms with Crippen LogP contribution in [-0.2, 0) is 14.8 Å². The minimum Gasteiger partial charge on any atom is -0.379 e. The number of amides is 2. The molecule has 3 aliphatic rings. The number of hydrogen-bond donors (Lipinski definition) is 2. The highest BCUT2D eigenvalue weighted by Crippen LogP contribution is 2.44. The molecule has 1 aliphatic heterocycles. The third-order valence-electron chi connectivity index (χ3n) is 5.26. The number of carbonyl (C=O) groups is 1. The number of anilines is 1.